The highest BCUT2D eigenvalue weighted by molar-refractivity contribution is 5.39. The molecule has 5 saturated carbocycles. The van der Waals surface area contributed by atoms with Crippen molar-refractivity contribution in [2.24, 2.45) is 34.5 Å². The molecule has 15 atom stereocenters. The lowest BCUT2D eigenvalue weighted by atomic mass is 9.42. The molecule has 0 aromatic carbocycles. The zero-order chi connectivity index (χ0) is 24.6. The highest BCUT2D eigenvalue weighted by Gasteiger charge is 2.90. The van der Waals surface area contributed by atoms with Crippen molar-refractivity contribution in [1.29, 1.82) is 0 Å². The fourth-order valence-electron chi connectivity index (χ4n) is 11.1. The van der Waals surface area contributed by atoms with E-state index in [4.69, 9.17) is 14.2 Å². The monoisotopic (exact) mass is 483 g/mol. The Bertz CT molecular complexity index is 861. The van der Waals surface area contributed by atoms with Crippen LogP contribution in [0.5, 0.6) is 0 Å². The van der Waals surface area contributed by atoms with Crippen LogP contribution in [-0.2, 0) is 14.2 Å². The van der Waals surface area contributed by atoms with Gasteiger partial charge in [0.15, 0.2) is 0 Å². The van der Waals surface area contributed by atoms with Crippen LogP contribution in [0, 0.1) is 34.5 Å². The number of aliphatic hydroxyl groups excluding tert-OH is 3. The molecule has 1 aliphatic heterocycles. The summed E-state index contributed by atoms with van der Waals surface area (Å²) in [6, 6.07) is -0.185. The van der Waals surface area contributed by atoms with Crippen molar-refractivity contribution in [2.75, 3.05) is 34.4 Å². The van der Waals surface area contributed by atoms with E-state index in [9.17, 15) is 25.5 Å². The Balaban J connectivity index is 1.69. The number of aliphatic hydroxyl groups is 5. The van der Waals surface area contributed by atoms with E-state index in [1.807, 2.05) is 0 Å². The van der Waals surface area contributed by atoms with Crippen LogP contribution in [0.25, 0.3) is 0 Å². The lowest BCUT2D eigenvalue weighted by molar-refractivity contribution is -0.319. The maximum atomic E-state index is 12.6. The van der Waals surface area contributed by atoms with Crippen molar-refractivity contribution in [1.82, 2.24) is 4.90 Å². The van der Waals surface area contributed by atoms with Crippen LogP contribution in [0.15, 0.2) is 0 Å². The molecule has 1 heterocycles. The maximum absolute atomic E-state index is 12.6. The quantitative estimate of drug-likeness (QED) is 0.333. The number of hydrogen-bond donors (Lipinski definition) is 5. The van der Waals surface area contributed by atoms with Crippen LogP contribution in [0.3, 0.4) is 0 Å². The van der Waals surface area contributed by atoms with Crippen LogP contribution in [0.2, 0.25) is 0 Å². The molecule has 0 radical (unpaired) electrons. The maximum Gasteiger partial charge on any atom is 0.120 e. The van der Waals surface area contributed by atoms with E-state index in [2.05, 4.69) is 18.7 Å². The predicted octanol–water partition coefficient (Wildman–Crippen LogP) is -1.02. The van der Waals surface area contributed by atoms with E-state index in [0.29, 0.717) is 19.5 Å². The predicted molar refractivity (Wildman–Crippen MR) is 120 cm³/mol. The van der Waals surface area contributed by atoms with Crippen molar-refractivity contribution in [2.45, 2.75) is 87.0 Å². The Morgan fingerprint density at radius 1 is 0.941 bits per heavy atom. The van der Waals surface area contributed by atoms with Gasteiger partial charge in [0.2, 0.25) is 0 Å². The summed E-state index contributed by atoms with van der Waals surface area (Å²) in [5.74, 6) is -1.77. The molecule has 34 heavy (non-hydrogen) atoms. The molecular weight excluding hydrogens is 442 g/mol. The van der Waals surface area contributed by atoms with Gasteiger partial charge in [-0.25, -0.2) is 0 Å². The summed E-state index contributed by atoms with van der Waals surface area (Å²) < 4.78 is 18.0. The number of fused-ring (bicyclic) bond motifs is 2. The van der Waals surface area contributed by atoms with E-state index >= 15 is 0 Å². The van der Waals surface area contributed by atoms with Gasteiger partial charge in [-0.2, -0.15) is 0 Å². The van der Waals surface area contributed by atoms with Crippen molar-refractivity contribution in [3.8, 4) is 0 Å². The lowest BCUT2D eigenvalue weighted by Crippen LogP contribution is -2.80. The molecule has 0 amide bonds. The summed E-state index contributed by atoms with van der Waals surface area (Å²) in [7, 11) is 4.73. The zero-order valence-corrected chi connectivity index (χ0v) is 20.8. The summed E-state index contributed by atoms with van der Waals surface area (Å²) in [4.78, 5) is 2.35. The largest absolute Gasteiger partial charge is 0.392 e. The van der Waals surface area contributed by atoms with Gasteiger partial charge in [0.25, 0.3) is 0 Å². The summed E-state index contributed by atoms with van der Waals surface area (Å²) in [5.41, 5.74) is -4.44. The van der Waals surface area contributed by atoms with Crippen LogP contribution >= 0.6 is 0 Å². The molecule has 194 valence electrons. The number of likely N-dealkylation sites (tertiary alicyclic amines) is 1. The standard InChI is InChI=1S/C25H41NO8/c1-6-22-10-26(7-2)18-15-16(33-4)17(22)24(18,13(32-3)8-12(22)27)11-9-23(30)19(28)14(11)25(15,31)20(29)21(23)34-5/h11-21,27-31H,6-10H2,1-5H3/t11-,12-,13+,14-,15+,16+,17-,18?,19-,20+,21+,22-,23-,24+,25-/m1/s1. The summed E-state index contributed by atoms with van der Waals surface area (Å²) in [6.45, 7) is 5.58. The first kappa shape index (κ1) is 24.0. The van der Waals surface area contributed by atoms with Gasteiger partial charge in [0.05, 0.1) is 24.4 Å². The van der Waals surface area contributed by atoms with E-state index in [0.717, 1.165) is 6.42 Å². The Morgan fingerprint density at radius 2 is 1.65 bits per heavy atom. The number of piperidine rings is 1. The number of methoxy groups -OCH3 is 3. The fourth-order valence-corrected chi connectivity index (χ4v) is 11.1. The van der Waals surface area contributed by atoms with Crippen molar-refractivity contribution < 1.29 is 39.7 Å². The highest BCUT2D eigenvalue weighted by atomic mass is 16.5. The van der Waals surface area contributed by atoms with Gasteiger partial charge >= 0.3 is 0 Å². The third-order valence-corrected chi connectivity index (χ3v) is 11.9. The van der Waals surface area contributed by atoms with Gasteiger partial charge < -0.3 is 39.7 Å². The molecule has 6 rings (SSSR count). The van der Waals surface area contributed by atoms with Gasteiger partial charge in [0, 0.05) is 68.9 Å². The molecule has 7 bridgehead atoms. The van der Waals surface area contributed by atoms with Crippen molar-refractivity contribution >= 4 is 0 Å². The van der Waals surface area contributed by atoms with Gasteiger partial charge in [-0.05, 0) is 25.3 Å². The van der Waals surface area contributed by atoms with Gasteiger partial charge in [-0.3, -0.25) is 4.90 Å². The average molecular weight is 484 g/mol. The molecule has 0 aromatic rings. The molecular formula is C25H41NO8. The van der Waals surface area contributed by atoms with Crippen LogP contribution in [0.4, 0.5) is 0 Å². The first-order chi connectivity index (χ1) is 16.1. The summed E-state index contributed by atoms with van der Waals surface area (Å²) in [5, 5.41) is 59.2. The minimum Gasteiger partial charge on any atom is -0.392 e. The third kappa shape index (κ3) is 2.11. The van der Waals surface area contributed by atoms with E-state index in [-0.39, 0.29) is 30.4 Å². The number of ether oxygens (including phenoxy) is 3. The van der Waals surface area contributed by atoms with Crippen molar-refractivity contribution in [3.05, 3.63) is 0 Å². The highest BCUT2D eigenvalue weighted by Crippen LogP contribution is 2.80. The molecule has 5 aliphatic carbocycles. The molecule has 1 saturated heterocycles. The Hall–Kier alpha value is -0.360. The Kier molecular flexibility index (Phi) is 5.04. The number of hydrogen-bond acceptors (Lipinski definition) is 9. The molecule has 5 N–H and O–H groups in total. The summed E-state index contributed by atoms with van der Waals surface area (Å²) >= 11 is 0. The second-order valence-electron chi connectivity index (χ2n) is 12.0. The fraction of sp³-hybridized carbons (Fsp3) is 1.00. The first-order valence-electron chi connectivity index (χ1n) is 12.9. The smallest absolute Gasteiger partial charge is 0.120 e. The van der Waals surface area contributed by atoms with Crippen LogP contribution in [-0.4, -0.2) is 119 Å². The second-order valence-corrected chi connectivity index (χ2v) is 12.0. The van der Waals surface area contributed by atoms with Gasteiger partial charge in [0.1, 0.15) is 23.4 Å². The van der Waals surface area contributed by atoms with E-state index < -0.39 is 64.4 Å². The van der Waals surface area contributed by atoms with Crippen molar-refractivity contribution in [3.63, 3.8) is 0 Å². The van der Waals surface area contributed by atoms with E-state index in [1.54, 1.807) is 14.2 Å². The zero-order valence-electron chi connectivity index (χ0n) is 20.8. The third-order valence-electron chi connectivity index (χ3n) is 11.9. The number of rotatable bonds is 5. The molecule has 0 aromatic heterocycles. The van der Waals surface area contributed by atoms with Gasteiger partial charge in [-0.15, -0.1) is 0 Å². The SMILES string of the molecule is CCN1C[C@]2(CC)[C@H](O)C[C@H](OC)[C@]34C1[C@H]([C@H](OC)[C@H]23)[C@]1(O)[C@H]2[C@@H](O)[C@](O)(C[C@H]24)[C@@H](OC)[C@@H]1O. The normalized spacial score (nSPS) is 63.9. The molecule has 6 aliphatic rings. The second kappa shape index (κ2) is 7.14. The Morgan fingerprint density at radius 3 is 2.21 bits per heavy atom. The van der Waals surface area contributed by atoms with Crippen LogP contribution in [0.1, 0.15) is 33.1 Å². The molecule has 6 fully saturated rings. The molecule has 1 spiro atoms. The van der Waals surface area contributed by atoms with Crippen LogP contribution < -0.4 is 0 Å². The first-order valence-corrected chi connectivity index (χ1v) is 12.9. The molecule has 9 nitrogen and oxygen atoms in total. The summed E-state index contributed by atoms with van der Waals surface area (Å²) in [6.07, 6.45) is -3.76. The Labute approximate surface area is 201 Å². The van der Waals surface area contributed by atoms with E-state index in [1.165, 1.54) is 7.11 Å². The molecule has 9 heteroatoms. The topological polar surface area (TPSA) is 132 Å². The minimum absolute atomic E-state index is 0.149. The minimum atomic E-state index is -1.72. The van der Waals surface area contributed by atoms with Gasteiger partial charge in [-0.1, -0.05) is 13.8 Å². The average Bonchev–Trinajstić information content (AvgIpc) is 3.18. The lowest BCUT2D eigenvalue weighted by Gasteiger charge is -2.70. The number of nitrogens with zero attached hydrogens (tertiary/aromatic N) is 1. The molecule has 1 unspecified atom stereocenters.